The number of hydrogen-bond acceptors (Lipinski definition) is 7. The lowest BCUT2D eigenvalue weighted by Gasteiger charge is -2.40. The van der Waals surface area contributed by atoms with Crippen LogP contribution in [0.2, 0.25) is 0 Å². The Balaban J connectivity index is 1.39. The number of aliphatic hydroxyl groups is 1. The average molecular weight is 503 g/mol. The second-order valence-corrected chi connectivity index (χ2v) is 8.46. The van der Waals surface area contributed by atoms with E-state index < -0.39 is 42.6 Å². The van der Waals surface area contributed by atoms with Crippen LogP contribution in [-0.4, -0.2) is 55.9 Å². The summed E-state index contributed by atoms with van der Waals surface area (Å²) in [6, 6.07) is 5.50. The number of H-pyrrole nitrogens is 1. The van der Waals surface area contributed by atoms with Crippen LogP contribution in [0.3, 0.4) is 0 Å². The van der Waals surface area contributed by atoms with Crippen LogP contribution in [0.15, 0.2) is 53.7 Å². The molecule has 1 saturated heterocycles. The molecule has 0 spiro atoms. The van der Waals surface area contributed by atoms with Gasteiger partial charge in [0.05, 0.1) is 31.0 Å². The highest BCUT2D eigenvalue weighted by molar-refractivity contribution is 5.93. The van der Waals surface area contributed by atoms with Gasteiger partial charge in [-0.25, -0.2) is 23.1 Å². The van der Waals surface area contributed by atoms with Crippen LogP contribution in [0, 0.1) is 5.82 Å². The van der Waals surface area contributed by atoms with E-state index in [2.05, 4.69) is 20.3 Å². The normalized spacial score (nSPS) is 18.4. The maximum Gasteiger partial charge on any atom is 0.257 e. The molecule has 190 valence electrons. The molecule has 1 aliphatic heterocycles. The third-order valence-electron chi connectivity index (χ3n) is 6.08. The lowest BCUT2D eigenvalue weighted by molar-refractivity contribution is -0.125. The fourth-order valence-corrected chi connectivity index (χ4v) is 3.98. The first kappa shape index (κ1) is 25.3. The van der Waals surface area contributed by atoms with E-state index in [-0.39, 0.29) is 41.7 Å². The van der Waals surface area contributed by atoms with E-state index in [1.807, 2.05) is 0 Å². The van der Waals surface area contributed by atoms with Gasteiger partial charge < -0.3 is 20.1 Å². The van der Waals surface area contributed by atoms with E-state index in [0.29, 0.717) is 5.56 Å². The molecule has 3 aromatic rings. The average Bonchev–Trinajstić information content (AvgIpc) is 2.86. The summed E-state index contributed by atoms with van der Waals surface area (Å²) in [6.07, 6.45) is 3.36. The molecule has 2 unspecified atom stereocenters. The van der Waals surface area contributed by atoms with Crippen LogP contribution >= 0.6 is 0 Å². The maximum atomic E-state index is 14.6. The summed E-state index contributed by atoms with van der Waals surface area (Å²) in [5.41, 5.74) is 0.144. The van der Waals surface area contributed by atoms with Crippen LogP contribution in [0.1, 0.15) is 30.4 Å². The van der Waals surface area contributed by atoms with Crippen molar-refractivity contribution in [2.75, 3.05) is 18.4 Å². The number of rotatable bonds is 7. The minimum Gasteiger partial charge on any atom is -0.437 e. The Morgan fingerprint density at radius 3 is 2.78 bits per heavy atom. The monoisotopic (exact) mass is 503 g/mol. The molecular formula is C24H24F3N5O4. The van der Waals surface area contributed by atoms with E-state index in [4.69, 9.17) is 4.74 Å². The number of pyridine rings is 1. The summed E-state index contributed by atoms with van der Waals surface area (Å²) in [4.78, 5) is 36.3. The largest absolute Gasteiger partial charge is 0.437 e. The summed E-state index contributed by atoms with van der Waals surface area (Å²) < 4.78 is 48.1. The second-order valence-electron chi connectivity index (χ2n) is 8.46. The number of aromatic nitrogens is 3. The van der Waals surface area contributed by atoms with Crippen LogP contribution in [0.4, 0.5) is 19.0 Å². The molecule has 1 aromatic carbocycles. The zero-order valence-corrected chi connectivity index (χ0v) is 19.2. The number of hydrogen-bond donors (Lipinski definition) is 3. The highest BCUT2D eigenvalue weighted by Gasteiger charge is 2.46. The van der Waals surface area contributed by atoms with Gasteiger partial charge in [0.2, 0.25) is 17.3 Å². The number of piperidine rings is 1. The Morgan fingerprint density at radius 1 is 1.31 bits per heavy atom. The fraction of sp³-hybridized carbons (Fsp3) is 0.333. The van der Waals surface area contributed by atoms with E-state index in [1.165, 1.54) is 42.9 Å². The minimum absolute atomic E-state index is 0.0186. The van der Waals surface area contributed by atoms with Crippen LogP contribution in [0.5, 0.6) is 11.6 Å². The SMILES string of the molecule is CC(C(=O)Nc1cnc(Oc2ccc(F)cc2CO)cn1)N1CCC(F)(F)C(c2ccc(=O)[nH]c2)C1. The number of ether oxygens (including phenoxy) is 1. The lowest BCUT2D eigenvalue weighted by Crippen LogP contribution is -2.52. The standard InChI is InChI=1S/C24H24F3N5O4/c1-14(32-7-6-24(26,27)18(12-32)15-2-5-21(34)29-9-15)23(35)31-20-10-30-22(11-28-20)36-19-4-3-17(25)8-16(19)13-33/h2-5,8-11,14,18,33H,6-7,12-13H2,1H3,(H,29,34)(H,28,31,35). The van der Waals surface area contributed by atoms with Gasteiger partial charge in [-0.15, -0.1) is 0 Å². The van der Waals surface area contributed by atoms with Crippen LogP contribution in [0.25, 0.3) is 0 Å². The van der Waals surface area contributed by atoms with Gasteiger partial charge in [0.15, 0.2) is 5.82 Å². The Hall–Kier alpha value is -3.77. The van der Waals surface area contributed by atoms with Gasteiger partial charge in [-0.1, -0.05) is 6.07 Å². The molecule has 2 aromatic heterocycles. The molecule has 9 nitrogen and oxygen atoms in total. The summed E-state index contributed by atoms with van der Waals surface area (Å²) in [7, 11) is 0. The van der Waals surface area contributed by atoms with Crippen molar-refractivity contribution < 1.29 is 27.8 Å². The van der Waals surface area contributed by atoms with Crippen molar-refractivity contribution in [1.82, 2.24) is 19.9 Å². The van der Waals surface area contributed by atoms with Crippen molar-refractivity contribution in [1.29, 1.82) is 0 Å². The number of alkyl halides is 2. The zero-order valence-electron chi connectivity index (χ0n) is 19.2. The molecule has 0 saturated carbocycles. The minimum atomic E-state index is -2.98. The number of carbonyl (C=O) groups is 1. The van der Waals surface area contributed by atoms with Gasteiger partial charge >= 0.3 is 0 Å². The first-order chi connectivity index (χ1) is 17.2. The third kappa shape index (κ3) is 5.71. The topological polar surface area (TPSA) is 120 Å². The van der Waals surface area contributed by atoms with Crippen molar-refractivity contribution in [2.45, 2.75) is 37.8 Å². The molecule has 0 aliphatic carbocycles. The number of aliphatic hydroxyl groups excluding tert-OH is 1. The third-order valence-corrected chi connectivity index (χ3v) is 6.08. The molecule has 3 N–H and O–H groups in total. The number of aromatic amines is 1. The highest BCUT2D eigenvalue weighted by Crippen LogP contribution is 2.40. The first-order valence-electron chi connectivity index (χ1n) is 11.2. The molecule has 0 bridgehead atoms. The van der Waals surface area contributed by atoms with E-state index in [9.17, 15) is 27.9 Å². The molecule has 1 amide bonds. The van der Waals surface area contributed by atoms with Gasteiger partial charge in [0, 0.05) is 37.3 Å². The van der Waals surface area contributed by atoms with Gasteiger partial charge in [-0.05, 0) is 30.7 Å². The molecule has 2 atom stereocenters. The quantitative estimate of drug-likeness (QED) is 0.453. The predicted octanol–water partition coefficient (Wildman–Crippen LogP) is 3.04. The number of likely N-dealkylation sites (tertiary alicyclic amines) is 1. The molecule has 4 rings (SSSR count). The fourth-order valence-electron chi connectivity index (χ4n) is 3.98. The molecule has 12 heteroatoms. The van der Waals surface area contributed by atoms with Crippen LogP contribution < -0.4 is 15.6 Å². The van der Waals surface area contributed by atoms with Gasteiger partial charge in [-0.3, -0.25) is 14.5 Å². The molecule has 1 aliphatic rings. The van der Waals surface area contributed by atoms with Crippen molar-refractivity contribution in [3.8, 4) is 11.6 Å². The van der Waals surface area contributed by atoms with E-state index in [0.717, 1.165) is 6.07 Å². The number of benzene rings is 1. The number of nitrogens with one attached hydrogen (secondary N) is 2. The molecular weight excluding hydrogens is 479 g/mol. The number of halogens is 3. The second kappa shape index (κ2) is 10.5. The summed E-state index contributed by atoms with van der Waals surface area (Å²) in [5, 5.41) is 12.0. The summed E-state index contributed by atoms with van der Waals surface area (Å²) in [5.74, 6) is -4.74. The number of amides is 1. The highest BCUT2D eigenvalue weighted by atomic mass is 19.3. The van der Waals surface area contributed by atoms with Gasteiger partial charge in [0.25, 0.3) is 5.92 Å². The van der Waals surface area contributed by atoms with Crippen molar-refractivity contribution in [3.05, 3.63) is 76.2 Å². The molecule has 1 fully saturated rings. The van der Waals surface area contributed by atoms with E-state index in [1.54, 1.807) is 11.8 Å². The number of anilines is 1. The molecule has 3 heterocycles. The lowest BCUT2D eigenvalue weighted by atomic mass is 9.87. The van der Waals surface area contributed by atoms with Gasteiger partial charge in [-0.2, -0.15) is 0 Å². The summed E-state index contributed by atoms with van der Waals surface area (Å²) in [6.45, 7) is 1.12. The van der Waals surface area contributed by atoms with Crippen molar-refractivity contribution in [2.24, 2.45) is 0 Å². The van der Waals surface area contributed by atoms with Crippen molar-refractivity contribution >= 4 is 11.7 Å². The Kier molecular flexibility index (Phi) is 7.36. The summed E-state index contributed by atoms with van der Waals surface area (Å²) >= 11 is 0. The van der Waals surface area contributed by atoms with Gasteiger partial charge in [0.1, 0.15) is 11.6 Å². The predicted molar refractivity (Wildman–Crippen MR) is 123 cm³/mol. The molecule has 0 radical (unpaired) electrons. The number of carbonyl (C=O) groups excluding carboxylic acids is 1. The maximum absolute atomic E-state index is 14.6. The Morgan fingerprint density at radius 2 is 2.11 bits per heavy atom. The number of nitrogens with zero attached hydrogens (tertiary/aromatic N) is 3. The smallest absolute Gasteiger partial charge is 0.257 e. The van der Waals surface area contributed by atoms with Crippen LogP contribution in [-0.2, 0) is 11.4 Å². The Bertz CT molecular complexity index is 1260. The first-order valence-corrected chi connectivity index (χ1v) is 11.2. The molecule has 36 heavy (non-hydrogen) atoms. The van der Waals surface area contributed by atoms with E-state index >= 15 is 0 Å². The van der Waals surface area contributed by atoms with Crippen molar-refractivity contribution in [3.63, 3.8) is 0 Å². The zero-order chi connectivity index (χ0) is 25.9. The Labute approximate surface area is 204 Å².